The van der Waals surface area contributed by atoms with Gasteiger partial charge in [0.2, 0.25) is 0 Å². The maximum absolute atomic E-state index is 12.2. The van der Waals surface area contributed by atoms with E-state index in [0.29, 0.717) is 0 Å². The lowest BCUT2D eigenvalue weighted by atomic mass is 10.2. The summed E-state index contributed by atoms with van der Waals surface area (Å²) in [5.41, 5.74) is -1.90. The number of aromatic amines is 1. The Hall–Kier alpha value is -2.75. The maximum Gasteiger partial charge on any atom is 0.326 e. The summed E-state index contributed by atoms with van der Waals surface area (Å²) < 4.78 is 0. The second-order valence-electron chi connectivity index (χ2n) is 4.56. The summed E-state index contributed by atoms with van der Waals surface area (Å²) in [6.07, 6.45) is -0.339. The highest BCUT2D eigenvalue weighted by molar-refractivity contribution is 5.97. The lowest BCUT2D eigenvalue weighted by molar-refractivity contribution is -0.385. The van der Waals surface area contributed by atoms with Crippen LogP contribution in [0.5, 0.6) is 0 Å². The predicted molar refractivity (Wildman–Crippen MR) is 66.8 cm³/mol. The molecule has 2 rings (SSSR count). The SMILES string of the molecule is O=C(O)[C@@H]1C[C@@H](O)CN1C(=O)c1cc([N+](=O)[O-])c[nH]c1=O. The number of carboxylic acids is 1. The number of nitrogens with one attached hydrogen (secondary N) is 1. The molecule has 0 bridgehead atoms. The number of likely N-dealkylation sites (tertiary alicyclic amines) is 1. The van der Waals surface area contributed by atoms with Crippen LogP contribution in [0.25, 0.3) is 0 Å². The number of nitro groups is 1. The van der Waals surface area contributed by atoms with E-state index >= 15 is 0 Å². The number of carbonyl (C=O) groups is 2. The van der Waals surface area contributed by atoms with Crippen LogP contribution in [0.2, 0.25) is 0 Å². The Labute approximate surface area is 116 Å². The van der Waals surface area contributed by atoms with Gasteiger partial charge in [-0.2, -0.15) is 0 Å². The molecule has 0 spiro atoms. The molecule has 112 valence electrons. The van der Waals surface area contributed by atoms with E-state index in [4.69, 9.17) is 5.11 Å². The number of aliphatic carboxylic acids is 1. The van der Waals surface area contributed by atoms with Crippen LogP contribution in [0.1, 0.15) is 16.8 Å². The molecule has 10 nitrogen and oxygen atoms in total. The Kier molecular flexibility index (Phi) is 3.72. The molecule has 21 heavy (non-hydrogen) atoms. The number of aliphatic hydroxyl groups is 1. The number of aromatic nitrogens is 1. The van der Waals surface area contributed by atoms with Crippen molar-refractivity contribution in [1.29, 1.82) is 0 Å². The molecule has 0 radical (unpaired) electrons. The smallest absolute Gasteiger partial charge is 0.326 e. The molecule has 0 aliphatic carbocycles. The third-order valence-electron chi connectivity index (χ3n) is 3.15. The first-order chi connectivity index (χ1) is 9.81. The van der Waals surface area contributed by atoms with E-state index in [-0.39, 0.29) is 13.0 Å². The van der Waals surface area contributed by atoms with E-state index in [1.54, 1.807) is 0 Å². The molecule has 1 aromatic heterocycles. The summed E-state index contributed by atoms with van der Waals surface area (Å²) in [6.45, 7) is -0.252. The first kappa shape index (κ1) is 14.7. The number of rotatable bonds is 3. The Balaban J connectivity index is 2.40. The average Bonchev–Trinajstić information content (AvgIpc) is 2.80. The van der Waals surface area contributed by atoms with Gasteiger partial charge in [-0.3, -0.25) is 19.7 Å². The number of pyridine rings is 1. The average molecular weight is 297 g/mol. The van der Waals surface area contributed by atoms with Gasteiger partial charge >= 0.3 is 5.97 Å². The zero-order chi connectivity index (χ0) is 15.7. The van der Waals surface area contributed by atoms with Gasteiger partial charge in [0, 0.05) is 19.0 Å². The van der Waals surface area contributed by atoms with Crippen molar-refractivity contribution >= 4 is 17.6 Å². The zero-order valence-electron chi connectivity index (χ0n) is 10.6. The predicted octanol–water partition coefficient (Wildman–Crippen LogP) is -1.06. The summed E-state index contributed by atoms with van der Waals surface area (Å²) >= 11 is 0. The van der Waals surface area contributed by atoms with Crippen molar-refractivity contribution < 1.29 is 24.7 Å². The van der Waals surface area contributed by atoms with Crippen molar-refractivity contribution in [2.24, 2.45) is 0 Å². The van der Waals surface area contributed by atoms with Crippen LogP contribution >= 0.6 is 0 Å². The largest absolute Gasteiger partial charge is 0.480 e. The highest BCUT2D eigenvalue weighted by Crippen LogP contribution is 2.21. The van der Waals surface area contributed by atoms with E-state index in [1.165, 1.54) is 0 Å². The first-order valence-corrected chi connectivity index (χ1v) is 5.90. The minimum atomic E-state index is -1.32. The minimum absolute atomic E-state index is 0.159. The summed E-state index contributed by atoms with van der Waals surface area (Å²) in [7, 11) is 0. The van der Waals surface area contributed by atoms with E-state index in [1.807, 2.05) is 0 Å². The fourth-order valence-electron chi connectivity index (χ4n) is 2.16. The third-order valence-corrected chi connectivity index (χ3v) is 3.15. The molecule has 1 aliphatic heterocycles. The van der Waals surface area contributed by atoms with Gasteiger partial charge in [-0.1, -0.05) is 0 Å². The number of carboxylic acid groups (broad SMARTS) is 1. The second kappa shape index (κ2) is 5.32. The van der Waals surface area contributed by atoms with Gasteiger partial charge in [-0.05, 0) is 0 Å². The molecule has 10 heteroatoms. The second-order valence-corrected chi connectivity index (χ2v) is 4.56. The van der Waals surface area contributed by atoms with Crippen LogP contribution in [0.3, 0.4) is 0 Å². The number of amides is 1. The van der Waals surface area contributed by atoms with Gasteiger partial charge in [-0.25, -0.2) is 4.79 Å². The lowest BCUT2D eigenvalue weighted by Crippen LogP contribution is -2.42. The van der Waals surface area contributed by atoms with Crippen LogP contribution in [0.15, 0.2) is 17.1 Å². The van der Waals surface area contributed by atoms with Crippen molar-refractivity contribution in [2.45, 2.75) is 18.6 Å². The van der Waals surface area contributed by atoms with Crippen LogP contribution in [-0.4, -0.2) is 55.6 Å². The van der Waals surface area contributed by atoms with Crippen molar-refractivity contribution in [3.8, 4) is 0 Å². The molecular weight excluding hydrogens is 286 g/mol. The van der Waals surface area contributed by atoms with Gasteiger partial charge in [0.15, 0.2) is 0 Å². The molecule has 1 aromatic rings. The zero-order valence-corrected chi connectivity index (χ0v) is 10.6. The Morgan fingerprint density at radius 2 is 2.14 bits per heavy atom. The monoisotopic (exact) mass is 297 g/mol. The van der Waals surface area contributed by atoms with Gasteiger partial charge in [-0.15, -0.1) is 0 Å². The number of carbonyl (C=O) groups excluding carboxylic acids is 1. The summed E-state index contributed by atoms with van der Waals surface area (Å²) in [5.74, 6) is -2.29. The van der Waals surface area contributed by atoms with E-state index in [0.717, 1.165) is 17.2 Å². The van der Waals surface area contributed by atoms with Crippen molar-refractivity contribution in [1.82, 2.24) is 9.88 Å². The summed E-state index contributed by atoms with van der Waals surface area (Å²) in [4.78, 5) is 47.6. The molecule has 0 aromatic carbocycles. The third kappa shape index (κ3) is 2.74. The number of nitrogens with zero attached hydrogens (tertiary/aromatic N) is 2. The molecule has 0 saturated carbocycles. The molecule has 3 N–H and O–H groups in total. The summed E-state index contributed by atoms with van der Waals surface area (Å²) in [6, 6.07) is -0.490. The van der Waals surface area contributed by atoms with Gasteiger partial charge in [0.1, 0.15) is 11.6 Å². The minimum Gasteiger partial charge on any atom is -0.480 e. The fraction of sp³-hybridized carbons (Fsp3) is 0.364. The quantitative estimate of drug-likeness (QED) is 0.474. The number of aliphatic hydroxyl groups excluding tert-OH is 1. The Morgan fingerprint density at radius 1 is 1.48 bits per heavy atom. The van der Waals surface area contributed by atoms with Gasteiger partial charge in [0.25, 0.3) is 17.2 Å². The first-order valence-electron chi connectivity index (χ1n) is 5.90. The molecule has 2 heterocycles. The van der Waals surface area contributed by atoms with E-state index in [2.05, 4.69) is 4.98 Å². The van der Waals surface area contributed by atoms with Crippen molar-refractivity contribution in [2.75, 3.05) is 6.54 Å². The number of H-pyrrole nitrogens is 1. The standard InChI is InChI=1S/C11H11N3O7/c15-6-2-8(11(18)19)13(4-6)10(17)7-1-5(14(20)21)3-12-9(7)16/h1,3,6,8,15H,2,4H2,(H,12,16)(H,18,19)/t6-,8+/m1/s1. The topological polar surface area (TPSA) is 154 Å². The highest BCUT2D eigenvalue weighted by Gasteiger charge is 2.40. The van der Waals surface area contributed by atoms with E-state index in [9.17, 15) is 29.6 Å². The number of hydrogen-bond acceptors (Lipinski definition) is 6. The van der Waals surface area contributed by atoms with Crippen LogP contribution in [-0.2, 0) is 4.79 Å². The van der Waals surface area contributed by atoms with Crippen molar-refractivity contribution in [3.05, 3.63) is 38.3 Å². The van der Waals surface area contributed by atoms with Crippen molar-refractivity contribution in [3.63, 3.8) is 0 Å². The highest BCUT2D eigenvalue weighted by atomic mass is 16.6. The van der Waals surface area contributed by atoms with Gasteiger partial charge in [0.05, 0.1) is 17.2 Å². The van der Waals surface area contributed by atoms with Crippen LogP contribution in [0, 0.1) is 10.1 Å². The maximum atomic E-state index is 12.2. The molecule has 0 unspecified atom stereocenters. The van der Waals surface area contributed by atoms with Crippen LogP contribution < -0.4 is 5.56 Å². The normalized spacial score (nSPS) is 21.3. The molecule has 1 saturated heterocycles. The molecule has 1 amide bonds. The van der Waals surface area contributed by atoms with Crippen LogP contribution in [0.4, 0.5) is 5.69 Å². The Morgan fingerprint density at radius 3 is 2.71 bits per heavy atom. The Bertz CT molecular complexity index is 668. The molecule has 1 aliphatic rings. The summed E-state index contributed by atoms with van der Waals surface area (Å²) in [5, 5.41) is 29.1. The molecular formula is C11H11N3O7. The fourth-order valence-corrected chi connectivity index (χ4v) is 2.16. The molecule has 2 atom stereocenters. The molecule has 1 fully saturated rings. The van der Waals surface area contributed by atoms with E-state index < -0.39 is 45.8 Å². The lowest BCUT2D eigenvalue weighted by Gasteiger charge is -2.20. The number of hydrogen-bond donors (Lipinski definition) is 3. The van der Waals surface area contributed by atoms with Gasteiger partial charge < -0.3 is 20.1 Å². The number of β-amino-alcohol motifs (C(OH)–C–C–N with tert-alkyl or cyclic N) is 1.